The minimum absolute atomic E-state index is 0.0597. The summed E-state index contributed by atoms with van der Waals surface area (Å²) < 4.78 is 1.73. The first-order valence-corrected chi connectivity index (χ1v) is 10.3. The zero-order valence-corrected chi connectivity index (χ0v) is 16.3. The molecule has 0 radical (unpaired) electrons. The Kier molecular flexibility index (Phi) is 4.58. The first kappa shape index (κ1) is 17.6. The maximum Gasteiger partial charge on any atom is 0.266 e. The molecular formula is C24H17N3OS. The normalized spacial score (nSPS) is 11.2. The van der Waals surface area contributed by atoms with E-state index in [9.17, 15) is 4.79 Å². The molecule has 0 atom stereocenters. The van der Waals surface area contributed by atoms with Crippen molar-refractivity contribution in [3.8, 4) is 5.69 Å². The fourth-order valence-corrected chi connectivity index (χ4v) is 4.37. The molecule has 0 aliphatic rings. The van der Waals surface area contributed by atoms with Crippen LogP contribution in [0.1, 0.15) is 5.69 Å². The van der Waals surface area contributed by atoms with Crippen molar-refractivity contribution in [1.29, 1.82) is 0 Å². The van der Waals surface area contributed by atoms with Crippen LogP contribution in [0.4, 0.5) is 0 Å². The molecule has 0 saturated heterocycles. The Morgan fingerprint density at radius 3 is 2.41 bits per heavy atom. The average molecular weight is 395 g/mol. The minimum Gasteiger partial charge on any atom is -0.268 e. The number of fused-ring (bicyclic) bond motifs is 2. The Labute approximate surface area is 171 Å². The van der Waals surface area contributed by atoms with Crippen molar-refractivity contribution in [2.75, 3.05) is 0 Å². The number of aromatic nitrogens is 3. The highest BCUT2D eigenvalue weighted by Crippen LogP contribution is 2.28. The summed E-state index contributed by atoms with van der Waals surface area (Å²) in [6, 6.07) is 27.4. The summed E-state index contributed by atoms with van der Waals surface area (Å²) in [5.74, 6) is 0.635. The lowest BCUT2D eigenvalue weighted by Gasteiger charge is -2.15. The molecular weight excluding hydrogens is 378 g/mol. The number of para-hydroxylation sites is 1. The van der Waals surface area contributed by atoms with E-state index in [1.54, 1.807) is 10.8 Å². The van der Waals surface area contributed by atoms with Crippen LogP contribution in [0.3, 0.4) is 0 Å². The first-order chi connectivity index (χ1) is 14.3. The molecule has 0 fully saturated rings. The molecule has 0 spiro atoms. The predicted molar refractivity (Wildman–Crippen MR) is 119 cm³/mol. The maximum absolute atomic E-state index is 13.5. The zero-order valence-electron chi connectivity index (χ0n) is 15.5. The van der Waals surface area contributed by atoms with Crippen LogP contribution in [-0.4, -0.2) is 14.5 Å². The van der Waals surface area contributed by atoms with Gasteiger partial charge in [0.05, 0.1) is 22.3 Å². The van der Waals surface area contributed by atoms with Crippen molar-refractivity contribution in [2.24, 2.45) is 0 Å². The van der Waals surface area contributed by atoms with Crippen LogP contribution in [0.25, 0.3) is 27.4 Å². The molecule has 0 aliphatic carbocycles. The SMILES string of the molecule is O=c1c2ccccc2nc(SCc2ccccn2)n1-c1cccc2ccccc12. The van der Waals surface area contributed by atoms with Gasteiger partial charge in [-0.25, -0.2) is 4.98 Å². The lowest BCUT2D eigenvalue weighted by Crippen LogP contribution is -2.22. The second kappa shape index (κ2) is 7.53. The molecule has 29 heavy (non-hydrogen) atoms. The van der Waals surface area contributed by atoms with Gasteiger partial charge in [-0.15, -0.1) is 0 Å². The van der Waals surface area contributed by atoms with Crippen LogP contribution < -0.4 is 5.56 Å². The van der Waals surface area contributed by atoms with Gasteiger partial charge >= 0.3 is 0 Å². The van der Waals surface area contributed by atoms with Gasteiger partial charge in [0.2, 0.25) is 0 Å². The van der Waals surface area contributed by atoms with Gasteiger partial charge in [0, 0.05) is 17.3 Å². The van der Waals surface area contributed by atoms with Crippen LogP contribution in [-0.2, 0) is 5.75 Å². The summed E-state index contributed by atoms with van der Waals surface area (Å²) in [5.41, 5.74) is 2.44. The fourth-order valence-electron chi connectivity index (χ4n) is 3.45. The van der Waals surface area contributed by atoms with E-state index >= 15 is 0 Å². The lowest BCUT2D eigenvalue weighted by molar-refractivity contribution is 0.824. The van der Waals surface area contributed by atoms with Gasteiger partial charge in [-0.1, -0.05) is 66.4 Å². The van der Waals surface area contributed by atoms with E-state index in [-0.39, 0.29) is 5.56 Å². The van der Waals surface area contributed by atoms with Crippen molar-refractivity contribution in [3.05, 3.63) is 107 Å². The summed E-state index contributed by atoms with van der Waals surface area (Å²) in [5, 5.41) is 3.39. The van der Waals surface area contributed by atoms with E-state index in [1.165, 1.54) is 11.8 Å². The van der Waals surface area contributed by atoms with Crippen LogP contribution >= 0.6 is 11.8 Å². The van der Waals surface area contributed by atoms with Crippen molar-refractivity contribution < 1.29 is 0 Å². The Morgan fingerprint density at radius 2 is 1.55 bits per heavy atom. The monoisotopic (exact) mass is 395 g/mol. The minimum atomic E-state index is -0.0597. The standard InChI is InChI=1S/C24H17N3OS/c28-23-20-12-3-4-13-21(20)26-24(29-16-18-10-5-6-15-25-18)27(23)22-14-7-9-17-8-1-2-11-19(17)22/h1-15H,16H2. The number of rotatable bonds is 4. The van der Waals surface area contributed by atoms with Crippen LogP contribution in [0.2, 0.25) is 0 Å². The van der Waals surface area contributed by atoms with Gasteiger partial charge < -0.3 is 0 Å². The van der Waals surface area contributed by atoms with Crippen molar-refractivity contribution >= 4 is 33.4 Å². The molecule has 5 aromatic rings. The number of nitrogens with zero attached hydrogens (tertiary/aromatic N) is 3. The summed E-state index contributed by atoms with van der Waals surface area (Å²) in [7, 11) is 0. The number of thioether (sulfide) groups is 1. The van der Waals surface area contributed by atoms with Gasteiger partial charge in [0.25, 0.3) is 5.56 Å². The van der Waals surface area contributed by atoms with Crippen LogP contribution in [0, 0.1) is 0 Å². The van der Waals surface area contributed by atoms with Gasteiger partial charge in [0.15, 0.2) is 5.16 Å². The molecule has 3 aromatic carbocycles. The molecule has 0 unspecified atom stereocenters. The van der Waals surface area contributed by atoms with E-state index in [0.29, 0.717) is 21.8 Å². The van der Waals surface area contributed by atoms with Crippen molar-refractivity contribution in [1.82, 2.24) is 14.5 Å². The van der Waals surface area contributed by atoms with Gasteiger partial charge in [-0.05, 0) is 35.7 Å². The van der Waals surface area contributed by atoms with Crippen LogP contribution in [0.5, 0.6) is 0 Å². The van der Waals surface area contributed by atoms with Crippen molar-refractivity contribution in [2.45, 2.75) is 10.9 Å². The Morgan fingerprint density at radius 1 is 0.793 bits per heavy atom. The molecule has 0 bridgehead atoms. The molecule has 2 heterocycles. The fraction of sp³-hybridized carbons (Fsp3) is 0.0417. The third kappa shape index (κ3) is 3.30. The Balaban J connectivity index is 1.74. The molecule has 0 N–H and O–H groups in total. The highest BCUT2D eigenvalue weighted by atomic mass is 32.2. The summed E-state index contributed by atoms with van der Waals surface area (Å²) in [4.78, 5) is 22.7. The van der Waals surface area contributed by atoms with Crippen LogP contribution in [0.15, 0.2) is 101 Å². The molecule has 140 valence electrons. The number of pyridine rings is 1. The number of hydrogen-bond acceptors (Lipinski definition) is 4. The van der Waals surface area contributed by atoms with E-state index in [4.69, 9.17) is 4.98 Å². The van der Waals surface area contributed by atoms with Gasteiger partial charge in [-0.3, -0.25) is 14.3 Å². The predicted octanol–water partition coefficient (Wildman–Crippen LogP) is 5.23. The highest BCUT2D eigenvalue weighted by Gasteiger charge is 2.15. The van der Waals surface area contributed by atoms with E-state index in [0.717, 1.165) is 22.2 Å². The third-order valence-electron chi connectivity index (χ3n) is 4.83. The maximum atomic E-state index is 13.5. The average Bonchev–Trinajstić information content (AvgIpc) is 2.78. The zero-order chi connectivity index (χ0) is 19.6. The molecule has 0 aliphatic heterocycles. The largest absolute Gasteiger partial charge is 0.268 e. The molecule has 5 rings (SSSR count). The molecule has 2 aromatic heterocycles. The van der Waals surface area contributed by atoms with E-state index in [1.807, 2.05) is 72.8 Å². The molecule has 4 nitrogen and oxygen atoms in total. The first-order valence-electron chi connectivity index (χ1n) is 9.34. The lowest BCUT2D eigenvalue weighted by atomic mass is 10.1. The number of hydrogen-bond donors (Lipinski definition) is 0. The van der Waals surface area contributed by atoms with Gasteiger partial charge in [-0.2, -0.15) is 0 Å². The third-order valence-corrected chi connectivity index (χ3v) is 5.80. The molecule has 5 heteroatoms. The summed E-state index contributed by atoms with van der Waals surface area (Å²) in [6.07, 6.45) is 1.78. The topological polar surface area (TPSA) is 47.8 Å². The molecule has 0 amide bonds. The summed E-state index contributed by atoms with van der Waals surface area (Å²) in [6.45, 7) is 0. The second-order valence-electron chi connectivity index (χ2n) is 6.66. The van der Waals surface area contributed by atoms with Crippen molar-refractivity contribution in [3.63, 3.8) is 0 Å². The second-order valence-corrected chi connectivity index (χ2v) is 7.60. The quantitative estimate of drug-likeness (QED) is 0.309. The van der Waals surface area contributed by atoms with E-state index < -0.39 is 0 Å². The van der Waals surface area contributed by atoms with Gasteiger partial charge in [0.1, 0.15) is 0 Å². The Hall–Kier alpha value is -3.44. The van der Waals surface area contributed by atoms with E-state index in [2.05, 4.69) is 17.1 Å². The number of benzene rings is 3. The smallest absolute Gasteiger partial charge is 0.266 e. The molecule has 0 saturated carbocycles. The summed E-state index contributed by atoms with van der Waals surface area (Å²) >= 11 is 1.52. The Bertz CT molecular complexity index is 1370. The highest BCUT2D eigenvalue weighted by molar-refractivity contribution is 7.98.